The molecular formula is C14H16N4O. The Bertz CT molecular complexity index is 549. The van der Waals surface area contributed by atoms with Crippen LogP contribution >= 0.6 is 0 Å². The number of pyridine rings is 2. The van der Waals surface area contributed by atoms with Crippen LogP contribution in [0.2, 0.25) is 0 Å². The smallest absolute Gasteiger partial charge is 0.257 e. The fourth-order valence-corrected chi connectivity index (χ4v) is 1.56. The molecule has 0 saturated carbocycles. The van der Waals surface area contributed by atoms with Crippen LogP contribution in [-0.2, 0) is 0 Å². The minimum Gasteiger partial charge on any atom is -0.370 e. The van der Waals surface area contributed by atoms with Crippen molar-refractivity contribution in [2.24, 2.45) is 0 Å². The summed E-state index contributed by atoms with van der Waals surface area (Å²) in [6.07, 6.45) is 3.18. The van der Waals surface area contributed by atoms with Gasteiger partial charge in [0.05, 0.1) is 17.4 Å². The zero-order chi connectivity index (χ0) is 13.7. The van der Waals surface area contributed by atoms with Gasteiger partial charge < -0.3 is 10.6 Å². The first-order chi connectivity index (χ1) is 9.19. The molecule has 0 aliphatic heterocycles. The van der Waals surface area contributed by atoms with E-state index in [-0.39, 0.29) is 5.91 Å². The molecule has 19 heavy (non-hydrogen) atoms. The van der Waals surface area contributed by atoms with Gasteiger partial charge in [0.2, 0.25) is 0 Å². The highest BCUT2D eigenvalue weighted by atomic mass is 16.1. The summed E-state index contributed by atoms with van der Waals surface area (Å²) in [6, 6.07) is 7.19. The Hall–Kier alpha value is -2.43. The van der Waals surface area contributed by atoms with Crippen molar-refractivity contribution in [2.45, 2.75) is 13.8 Å². The Morgan fingerprint density at radius 1 is 1.16 bits per heavy atom. The molecular weight excluding hydrogens is 240 g/mol. The normalized spacial score (nSPS) is 10.0. The SMILES string of the molecule is CCNc1ccc(C(=O)Nc2ccc(C)nc2)cn1. The molecule has 0 unspecified atom stereocenters. The molecule has 2 N–H and O–H groups in total. The predicted molar refractivity (Wildman–Crippen MR) is 75.3 cm³/mol. The zero-order valence-electron chi connectivity index (χ0n) is 11.0. The van der Waals surface area contributed by atoms with Crippen molar-refractivity contribution in [3.05, 3.63) is 47.9 Å². The zero-order valence-corrected chi connectivity index (χ0v) is 11.0. The Morgan fingerprint density at radius 2 is 2.00 bits per heavy atom. The number of nitrogens with zero attached hydrogens (tertiary/aromatic N) is 2. The number of carbonyl (C=O) groups is 1. The summed E-state index contributed by atoms with van der Waals surface area (Å²) in [5.41, 5.74) is 2.10. The third-order valence-electron chi connectivity index (χ3n) is 2.55. The molecule has 5 nitrogen and oxygen atoms in total. The van der Waals surface area contributed by atoms with Crippen molar-refractivity contribution in [1.29, 1.82) is 0 Å². The molecule has 0 saturated heterocycles. The van der Waals surface area contributed by atoms with Crippen molar-refractivity contribution in [3.63, 3.8) is 0 Å². The molecule has 5 heteroatoms. The Morgan fingerprint density at radius 3 is 2.58 bits per heavy atom. The van der Waals surface area contributed by atoms with Crippen LogP contribution < -0.4 is 10.6 Å². The molecule has 0 spiro atoms. The van der Waals surface area contributed by atoms with Crippen molar-refractivity contribution in [3.8, 4) is 0 Å². The lowest BCUT2D eigenvalue weighted by atomic mass is 10.2. The molecule has 0 aliphatic rings. The van der Waals surface area contributed by atoms with Gasteiger partial charge in [0.15, 0.2) is 0 Å². The number of carbonyl (C=O) groups excluding carboxylic acids is 1. The maximum atomic E-state index is 12.0. The number of rotatable bonds is 4. The number of aromatic nitrogens is 2. The molecule has 0 atom stereocenters. The van der Waals surface area contributed by atoms with E-state index in [1.54, 1.807) is 24.5 Å². The summed E-state index contributed by atoms with van der Waals surface area (Å²) >= 11 is 0. The maximum Gasteiger partial charge on any atom is 0.257 e. The first-order valence-electron chi connectivity index (χ1n) is 6.13. The van der Waals surface area contributed by atoms with Gasteiger partial charge in [0.25, 0.3) is 5.91 Å². The van der Waals surface area contributed by atoms with Crippen molar-refractivity contribution in [2.75, 3.05) is 17.2 Å². The second kappa shape index (κ2) is 5.95. The minimum atomic E-state index is -0.193. The summed E-state index contributed by atoms with van der Waals surface area (Å²) < 4.78 is 0. The third-order valence-corrected chi connectivity index (χ3v) is 2.55. The lowest BCUT2D eigenvalue weighted by Crippen LogP contribution is -2.12. The maximum absolute atomic E-state index is 12.0. The lowest BCUT2D eigenvalue weighted by molar-refractivity contribution is 0.102. The summed E-state index contributed by atoms with van der Waals surface area (Å²) in [5.74, 6) is 0.567. The Kier molecular flexibility index (Phi) is 4.07. The van der Waals surface area contributed by atoms with Gasteiger partial charge in [0, 0.05) is 18.4 Å². The number of anilines is 2. The fourth-order valence-electron chi connectivity index (χ4n) is 1.56. The molecule has 0 bridgehead atoms. The first kappa shape index (κ1) is 13.0. The van der Waals surface area contributed by atoms with E-state index < -0.39 is 0 Å². The summed E-state index contributed by atoms with van der Waals surface area (Å²) in [5, 5.41) is 5.85. The van der Waals surface area contributed by atoms with E-state index in [1.165, 1.54) is 0 Å². The molecule has 2 heterocycles. The van der Waals surface area contributed by atoms with E-state index >= 15 is 0 Å². The number of hydrogen-bond acceptors (Lipinski definition) is 4. The average Bonchev–Trinajstić information content (AvgIpc) is 2.42. The minimum absolute atomic E-state index is 0.193. The van der Waals surface area contributed by atoms with Gasteiger partial charge >= 0.3 is 0 Å². The molecule has 0 aliphatic carbocycles. The van der Waals surface area contributed by atoms with Gasteiger partial charge in [-0.25, -0.2) is 4.98 Å². The van der Waals surface area contributed by atoms with Crippen LogP contribution in [-0.4, -0.2) is 22.4 Å². The standard InChI is InChI=1S/C14H16N4O/c1-3-15-13-7-5-11(8-17-13)14(19)18-12-6-4-10(2)16-9-12/h4-9H,3H2,1-2H3,(H,15,17)(H,18,19). The molecule has 1 amide bonds. The summed E-state index contributed by atoms with van der Waals surface area (Å²) in [7, 11) is 0. The van der Waals surface area contributed by atoms with Crippen LogP contribution in [0, 0.1) is 6.92 Å². The second-order valence-corrected chi connectivity index (χ2v) is 4.10. The van der Waals surface area contributed by atoms with E-state index in [9.17, 15) is 4.79 Å². The number of aryl methyl sites for hydroxylation is 1. The van der Waals surface area contributed by atoms with E-state index in [2.05, 4.69) is 20.6 Å². The van der Waals surface area contributed by atoms with Crippen molar-refractivity contribution >= 4 is 17.4 Å². The van der Waals surface area contributed by atoms with Crippen LogP contribution in [0.3, 0.4) is 0 Å². The van der Waals surface area contributed by atoms with Crippen LogP contribution in [0.1, 0.15) is 23.0 Å². The third kappa shape index (κ3) is 3.51. The number of nitrogens with one attached hydrogen (secondary N) is 2. The van der Waals surface area contributed by atoms with Gasteiger partial charge in [-0.3, -0.25) is 9.78 Å². The number of amides is 1. The predicted octanol–water partition coefficient (Wildman–Crippen LogP) is 2.47. The highest BCUT2D eigenvalue weighted by Gasteiger charge is 2.06. The monoisotopic (exact) mass is 256 g/mol. The summed E-state index contributed by atoms with van der Waals surface area (Å²) in [4.78, 5) is 20.3. The molecule has 98 valence electrons. The molecule has 0 fully saturated rings. The van der Waals surface area contributed by atoms with Gasteiger partial charge in [0.1, 0.15) is 5.82 Å². The second-order valence-electron chi connectivity index (χ2n) is 4.10. The highest BCUT2D eigenvalue weighted by molar-refractivity contribution is 6.04. The Labute approximate surface area is 112 Å². The van der Waals surface area contributed by atoms with Gasteiger partial charge in [-0.05, 0) is 38.1 Å². The van der Waals surface area contributed by atoms with E-state index in [4.69, 9.17) is 0 Å². The molecule has 2 aromatic rings. The first-order valence-corrected chi connectivity index (χ1v) is 6.13. The van der Waals surface area contributed by atoms with E-state index in [0.717, 1.165) is 18.1 Å². The molecule has 2 rings (SSSR count). The average molecular weight is 256 g/mol. The summed E-state index contributed by atoms with van der Waals surface area (Å²) in [6.45, 7) is 4.69. The Balaban J connectivity index is 2.05. The van der Waals surface area contributed by atoms with E-state index in [0.29, 0.717) is 11.3 Å². The van der Waals surface area contributed by atoms with Gasteiger partial charge in [-0.2, -0.15) is 0 Å². The molecule has 2 aromatic heterocycles. The van der Waals surface area contributed by atoms with Gasteiger partial charge in [-0.1, -0.05) is 0 Å². The fraction of sp³-hybridized carbons (Fsp3) is 0.214. The lowest BCUT2D eigenvalue weighted by Gasteiger charge is -2.06. The van der Waals surface area contributed by atoms with Crippen molar-refractivity contribution in [1.82, 2.24) is 9.97 Å². The molecule has 0 radical (unpaired) electrons. The van der Waals surface area contributed by atoms with Crippen molar-refractivity contribution < 1.29 is 4.79 Å². The largest absolute Gasteiger partial charge is 0.370 e. The van der Waals surface area contributed by atoms with E-state index in [1.807, 2.05) is 26.0 Å². The quantitative estimate of drug-likeness (QED) is 0.881. The molecule has 0 aromatic carbocycles. The van der Waals surface area contributed by atoms with Crippen LogP contribution in [0.25, 0.3) is 0 Å². The van der Waals surface area contributed by atoms with Gasteiger partial charge in [-0.15, -0.1) is 0 Å². The van der Waals surface area contributed by atoms with Crippen LogP contribution in [0.4, 0.5) is 11.5 Å². The van der Waals surface area contributed by atoms with Crippen LogP contribution in [0.5, 0.6) is 0 Å². The number of hydrogen-bond donors (Lipinski definition) is 2. The highest BCUT2D eigenvalue weighted by Crippen LogP contribution is 2.10. The topological polar surface area (TPSA) is 66.9 Å². The van der Waals surface area contributed by atoms with Crippen LogP contribution in [0.15, 0.2) is 36.7 Å².